The molecule has 108 valence electrons. The van der Waals surface area contributed by atoms with Gasteiger partial charge in [0.05, 0.1) is 11.4 Å². The second-order valence-corrected chi connectivity index (χ2v) is 4.81. The monoisotopic (exact) mass is 277 g/mol. The van der Waals surface area contributed by atoms with E-state index < -0.39 is 12.0 Å². The first-order chi connectivity index (χ1) is 9.54. The third-order valence-electron chi connectivity index (χ3n) is 3.49. The van der Waals surface area contributed by atoms with Gasteiger partial charge in [0.2, 0.25) is 0 Å². The van der Waals surface area contributed by atoms with Crippen molar-refractivity contribution in [3.8, 4) is 0 Å². The average Bonchev–Trinajstić information content (AvgIpc) is 2.45. The minimum absolute atomic E-state index is 0.358. The summed E-state index contributed by atoms with van der Waals surface area (Å²) in [5.41, 5.74) is 1.77. The van der Waals surface area contributed by atoms with Gasteiger partial charge >= 0.3 is 12.0 Å². The molecule has 2 rings (SSSR count). The van der Waals surface area contributed by atoms with Gasteiger partial charge in [-0.05, 0) is 18.6 Å². The van der Waals surface area contributed by atoms with E-state index >= 15 is 0 Å². The van der Waals surface area contributed by atoms with Crippen molar-refractivity contribution in [2.45, 2.75) is 19.4 Å². The summed E-state index contributed by atoms with van der Waals surface area (Å²) in [4.78, 5) is 27.0. The molecule has 2 N–H and O–H groups in total. The summed E-state index contributed by atoms with van der Waals surface area (Å²) in [6, 6.07) is 6.39. The van der Waals surface area contributed by atoms with Crippen LogP contribution in [0, 0.1) is 0 Å². The first-order valence-corrected chi connectivity index (χ1v) is 6.65. The van der Waals surface area contributed by atoms with Crippen LogP contribution in [-0.2, 0) is 4.79 Å². The lowest BCUT2D eigenvalue weighted by atomic mass is 10.2. The van der Waals surface area contributed by atoms with E-state index in [0.717, 1.165) is 11.4 Å². The maximum Gasteiger partial charge on any atom is 0.326 e. The van der Waals surface area contributed by atoms with E-state index in [2.05, 4.69) is 10.2 Å². The Morgan fingerprint density at radius 1 is 1.30 bits per heavy atom. The molecule has 6 heteroatoms. The van der Waals surface area contributed by atoms with Gasteiger partial charge in [-0.2, -0.15) is 0 Å². The molecule has 0 radical (unpaired) electrons. The van der Waals surface area contributed by atoms with Gasteiger partial charge in [0.15, 0.2) is 0 Å². The van der Waals surface area contributed by atoms with Gasteiger partial charge in [0.1, 0.15) is 6.04 Å². The predicted molar refractivity (Wildman–Crippen MR) is 77.3 cm³/mol. The van der Waals surface area contributed by atoms with E-state index in [0.29, 0.717) is 19.5 Å². The number of rotatable bonds is 3. The van der Waals surface area contributed by atoms with Crippen LogP contribution >= 0.6 is 0 Å². The summed E-state index contributed by atoms with van der Waals surface area (Å²) in [7, 11) is 1.97. The Hall–Kier alpha value is -2.24. The number of likely N-dealkylation sites (N-methyl/N-ethyl adjacent to an activating group) is 1. The number of nitrogens with zero attached hydrogens (tertiary/aromatic N) is 2. The second-order valence-electron chi connectivity index (χ2n) is 4.81. The fraction of sp³-hybridized carbons (Fsp3) is 0.429. The highest BCUT2D eigenvalue weighted by molar-refractivity contribution is 5.98. The Balaban J connectivity index is 2.19. The number of para-hydroxylation sites is 2. The van der Waals surface area contributed by atoms with Crippen LogP contribution in [0.2, 0.25) is 0 Å². The SMILES string of the molecule is CCC(NC(=O)N1CCN(C)c2ccccc21)C(=O)O. The van der Waals surface area contributed by atoms with E-state index in [1.165, 1.54) is 0 Å². The molecule has 1 atom stereocenters. The highest BCUT2D eigenvalue weighted by Crippen LogP contribution is 2.31. The number of benzene rings is 1. The third-order valence-corrected chi connectivity index (χ3v) is 3.49. The van der Waals surface area contributed by atoms with Crippen LogP contribution in [-0.4, -0.2) is 43.3 Å². The van der Waals surface area contributed by atoms with E-state index in [4.69, 9.17) is 5.11 Å². The molecular formula is C14H19N3O3. The number of carboxylic acid groups (broad SMARTS) is 1. The lowest BCUT2D eigenvalue weighted by molar-refractivity contribution is -0.139. The first kappa shape index (κ1) is 14.2. The molecule has 20 heavy (non-hydrogen) atoms. The largest absolute Gasteiger partial charge is 0.480 e. The van der Waals surface area contributed by atoms with Gasteiger partial charge in [0, 0.05) is 20.1 Å². The van der Waals surface area contributed by atoms with Gasteiger partial charge in [-0.1, -0.05) is 19.1 Å². The molecule has 1 aliphatic heterocycles. The number of carbonyl (C=O) groups is 2. The lowest BCUT2D eigenvalue weighted by Crippen LogP contribution is -2.51. The van der Waals surface area contributed by atoms with Crippen LogP contribution in [0.4, 0.5) is 16.2 Å². The van der Waals surface area contributed by atoms with Crippen molar-refractivity contribution in [2.24, 2.45) is 0 Å². The molecule has 1 unspecified atom stereocenters. The zero-order valence-electron chi connectivity index (χ0n) is 11.7. The highest BCUT2D eigenvalue weighted by Gasteiger charge is 2.27. The maximum atomic E-state index is 12.3. The van der Waals surface area contributed by atoms with E-state index in [9.17, 15) is 9.59 Å². The molecule has 1 aromatic rings. The molecule has 1 aromatic carbocycles. The van der Waals surface area contributed by atoms with Crippen molar-refractivity contribution >= 4 is 23.4 Å². The first-order valence-electron chi connectivity index (χ1n) is 6.65. The Morgan fingerprint density at radius 3 is 2.55 bits per heavy atom. The molecule has 0 aliphatic carbocycles. The van der Waals surface area contributed by atoms with Gasteiger partial charge in [0.25, 0.3) is 0 Å². The van der Waals surface area contributed by atoms with Crippen LogP contribution in [0.25, 0.3) is 0 Å². The normalized spacial score (nSPS) is 15.5. The molecule has 0 saturated heterocycles. The molecule has 0 saturated carbocycles. The summed E-state index contributed by atoms with van der Waals surface area (Å²) in [5, 5.41) is 11.6. The number of aliphatic carboxylic acids is 1. The standard InChI is InChI=1S/C14H19N3O3/c1-3-10(13(18)19)15-14(20)17-9-8-16(2)11-6-4-5-7-12(11)17/h4-7,10H,3,8-9H2,1-2H3,(H,15,20)(H,18,19). The minimum Gasteiger partial charge on any atom is -0.480 e. The van der Waals surface area contributed by atoms with E-state index in [1.807, 2.05) is 31.3 Å². The van der Waals surface area contributed by atoms with Crippen molar-refractivity contribution in [1.29, 1.82) is 0 Å². The summed E-state index contributed by atoms with van der Waals surface area (Å²) in [5.74, 6) is -1.01. The fourth-order valence-corrected chi connectivity index (χ4v) is 2.28. The molecular weight excluding hydrogens is 258 g/mol. The Kier molecular flexibility index (Phi) is 4.12. The molecule has 1 heterocycles. The van der Waals surface area contributed by atoms with Crippen molar-refractivity contribution in [3.05, 3.63) is 24.3 Å². The number of anilines is 2. The van der Waals surface area contributed by atoms with Crippen molar-refractivity contribution in [2.75, 3.05) is 29.9 Å². The Labute approximate surface area is 118 Å². The van der Waals surface area contributed by atoms with Crippen LogP contribution in [0.3, 0.4) is 0 Å². The second kappa shape index (κ2) is 5.81. The van der Waals surface area contributed by atoms with Gasteiger partial charge in [-0.15, -0.1) is 0 Å². The maximum absolute atomic E-state index is 12.3. The van der Waals surface area contributed by atoms with Crippen LogP contribution in [0.1, 0.15) is 13.3 Å². The average molecular weight is 277 g/mol. The number of urea groups is 1. The van der Waals surface area contributed by atoms with E-state index in [-0.39, 0.29) is 6.03 Å². The van der Waals surface area contributed by atoms with Crippen LogP contribution < -0.4 is 15.1 Å². The number of hydrogen-bond donors (Lipinski definition) is 2. The molecule has 0 aromatic heterocycles. The Morgan fingerprint density at radius 2 is 1.95 bits per heavy atom. The molecule has 1 aliphatic rings. The fourth-order valence-electron chi connectivity index (χ4n) is 2.28. The number of hydrogen-bond acceptors (Lipinski definition) is 3. The van der Waals surface area contributed by atoms with E-state index in [1.54, 1.807) is 11.8 Å². The van der Waals surface area contributed by atoms with Crippen molar-refractivity contribution < 1.29 is 14.7 Å². The zero-order valence-corrected chi connectivity index (χ0v) is 11.7. The zero-order chi connectivity index (χ0) is 14.7. The number of carboxylic acids is 1. The minimum atomic E-state index is -1.01. The highest BCUT2D eigenvalue weighted by atomic mass is 16.4. The van der Waals surface area contributed by atoms with Crippen molar-refractivity contribution in [1.82, 2.24) is 5.32 Å². The summed E-state index contributed by atoms with van der Waals surface area (Å²) in [6.07, 6.45) is 0.358. The number of carbonyl (C=O) groups excluding carboxylic acids is 1. The van der Waals surface area contributed by atoms with Crippen LogP contribution in [0.5, 0.6) is 0 Å². The van der Waals surface area contributed by atoms with Gasteiger partial charge in [-0.25, -0.2) is 9.59 Å². The molecule has 6 nitrogen and oxygen atoms in total. The summed E-state index contributed by atoms with van der Waals surface area (Å²) in [6.45, 7) is 2.99. The molecule has 0 fully saturated rings. The van der Waals surface area contributed by atoms with Gasteiger partial charge in [-0.3, -0.25) is 4.90 Å². The smallest absolute Gasteiger partial charge is 0.326 e. The molecule has 2 amide bonds. The molecule has 0 spiro atoms. The van der Waals surface area contributed by atoms with Crippen molar-refractivity contribution in [3.63, 3.8) is 0 Å². The number of amides is 2. The summed E-state index contributed by atoms with van der Waals surface area (Å²) >= 11 is 0. The van der Waals surface area contributed by atoms with Gasteiger partial charge < -0.3 is 15.3 Å². The third kappa shape index (κ3) is 2.68. The lowest BCUT2D eigenvalue weighted by Gasteiger charge is -2.36. The summed E-state index contributed by atoms with van der Waals surface area (Å²) < 4.78 is 0. The predicted octanol–water partition coefficient (Wildman–Crippen LogP) is 1.52. The molecule has 0 bridgehead atoms. The topological polar surface area (TPSA) is 72.9 Å². The van der Waals surface area contributed by atoms with Crippen LogP contribution in [0.15, 0.2) is 24.3 Å². The number of nitrogens with one attached hydrogen (secondary N) is 1. The number of fused-ring (bicyclic) bond motifs is 1. The Bertz CT molecular complexity index is 518. The quantitative estimate of drug-likeness (QED) is 0.878.